The molecule has 2 aliphatic carbocycles. The second-order valence-corrected chi connectivity index (χ2v) is 8.23. The molecule has 0 bridgehead atoms. The molecular formula is C15H22BrNS. The van der Waals surface area contributed by atoms with Crippen LogP contribution in [0.3, 0.4) is 0 Å². The zero-order valence-electron chi connectivity index (χ0n) is 11.2. The van der Waals surface area contributed by atoms with Crippen LogP contribution in [-0.2, 0) is 0 Å². The predicted octanol–water partition coefficient (Wildman–Crippen LogP) is 4.91. The van der Waals surface area contributed by atoms with Crippen LogP contribution >= 0.6 is 27.3 Å². The fourth-order valence-electron chi connectivity index (χ4n) is 3.83. The fourth-order valence-corrected chi connectivity index (χ4v) is 5.53. The molecule has 3 heteroatoms. The number of aryl methyl sites for hydroxylation is 1. The molecule has 1 aromatic heterocycles. The van der Waals surface area contributed by atoms with Gasteiger partial charge in [-0.25, -0.2) is 0 Å². The molecule has 3 unspecified atom stereocenters. The van der Waals surface area contributed by atoms with Gasteiger partial charge in [-0.15, -0.1) is 11.3 Å². The molecule has 0 saturated heterocycles. The first-order chi connectivity index (χ1) is 8.72. The topological polar surface area (TPSA) is 12.0 Å². The van der Waals surface area contributed by atoms with Crippen molar-refractivity contribution in [1.29, 1.82) is 0 Å². The first kappa shape index (κ1) is 13.1. The highest BCUT2D eigenvalue weighted by Crippen LogP contribution is 2.61. The Bertz CT molecular complexity index is 397. The van der Waals surface area contributed by atoms with Gasteiger partial charge in [-0.3, -0.25) is 0 Å². The van der Waals surface area contributed by atoms with Gasteiger partial charge in [0.25, 0.3) is 0 Å². The number of hydrogen-bond acceptors (Lipinski definition) is 2. The van der Waals surface area contributed by atoms with Crippen molar-refractivity contribution in [3.8, 4) is 0 Å². The van der Waals surface area contributed by atoms with Crippen molar-refractivity contribution in [2.24, 2.45) is 17.8 Å². The lowest BCUT2D eigenvalue weighted by Gasteiger charge is -2.16. The highest BCUT2D eigenvalue weighted by Gasteiger charge is 2.54. The van der Waals surface area contributed by atoms with E-state index in [0.29, 0.717) is 6.04 Å². The van der Waals surface area contributed by atoms with Gasteiger partial charge in [0.1, 0.15) is 0 Å². The number of thiophene rings is 1. The summed E-state index contributed by atoms with van der Waals surface area (Å²) in [6.07, 6.45) is 5.87. The second-order valence-electron chi connectivity index (χ2n) is 5.83. The quantitative estimate of drug-likeness (QED) is 0.828. The van der Waals surface area contributed by atoms with Gasteiger partial charge in [0.15, 0.2) is 0 Å². The Balaban J connectivity index is 1.80. The van der Waals surface area contributed by atoms with E-state index in [1.54, 1.807) is 4.88 Å². The summed E-state index contributed by atoms with van der Waals surface area (Å²) < 4.78 is 1.31. The highest BCUT2D eigenvalue weighted by molar-refractivity contribution is 9.11. The standard InChI is InChI=1S/C15H22BrNS/c1-3-17-14(12-8-9(2)15(16)18-12)13-10-6-4-5-7-11(10)13/h8,10-11,13-14,17H,3-7H2,1-2H3. The van der Waals surface area contributed by atoms with Crippen molar-refractivity contribution in [3.63, 3.8) is 0 Å². The van der Waals surface area contributed by atoms with Gasteiger partial charge in [-0.05, 0) is 71.6 Å². The van der Waals surface area contributed by atoms with Crippen molar-refractivity contribution >= 4 is 27.3 Å². The lowest BCUT2D eigenvalue weighted by Crippen LogP contribution is -2.23. The summed E-state index contributed by atoms with van der Waals surface area (Å²) in [5, 5.41) is 3.75. The molecule has 2 aliphatic rings. The van der Waals surface area contributed by atoms with Gasteiger partial charge in [0.05, 0.1) is 3.79 Å². The van der Waals surface area contributed by atoms with Gasteiger partial charge < -0.3 is 5.32 Å². The molecule has 1 N–H and O–H groups in total. The predicted molar refractivity (Wildman–Crippen MR) is 82.1 cm³/mol. The van der Waals surface area contributed by atoms with Gasteiger partial charge in [0, 0.05) is 10.9 Å². The zero-order valence-corrected chi connectivity index (χ0v) is 13.6. The van der Waals surface area contributed by atoms with Crippen LogP contribution in [-0.4, -0.2) is 6.54 Å². The van der Waals surface area contributed by atoms with Crippen LogP contribution in [0.5, 0.6) is 0 Å². The molecule has 2 fully saturated rings. The lowest BCUT2D eigenvalue weighted by atomic mass is 10.0. The third-order valence-corrected chi connectivity index (χ3v) is 6.93. The minimum absolute atomic E-state index is 0.609. The molecular weight excluding hydrogens is 306 g/mol. The van der Waals surface area contributed by atoms with E-state index in [0.717, 1.165) is 24.3 Å². The van der Waals surface area contributed by atoms with Crippen molar-refractivity contribution in [1.82, 2.24) is 5.32 Å². The van der Waals surface area contributed by atoms with Gasteiger partial charge >= 0.3 is 0 Å². The Morgan fingerprint density at radius 1 is 1.39 bits per heavy atom. The van der Waals surface area contributed by atoms with Crippen LogP contribution < -0.4 is 5.32 Å². The molecule has 2 saturated carbocycles. The van der Waals surface area contributed by atoms with E-state index in [2.05, 4.69) is 41.2 Å². The number of rotatable bonds is 4. The van der Waals surface area contributed by atoms with Crippen LogP contribution in [0.15, 0.2) is 9.85 Å². The summed E-state index contributed by atoms with van der Waals surface area (Å²) in [4.78, 5) is 1.54. The molecule has 0 aliphatic heterocycles. The minimum atomic E-state index is 0.609. The Morgan fingerprint density at radius 3 is 2.56 bits per heavy atom. The Morgan fingerprint density at radius 2 is 2.06 bits per heavy atom. The first-order valence-corrected chi connectivity index (χ1v) is 8.82. The number of nitrogens with one attached hydrogen (secondary N) is 1. The molecule has 1 nitrogen and oxygen atoms in total. The molecule has 1 heterocycles. The minimum Gasteiger partial charge on any atom is -0.309 e. The maximum Gasteiger partial charge on any atom is 0.0731 e. The Hall–Kier alpha value is 0.140. The normalized spacial score (nSPS) is 32.1. The Kier molecular flexibility index (Phi) is 3.84. The van der Waals surface area contributed by atoms with Crippen LogP contribution in [0.25, 0.3) is 0 Å². The summed E-state index contributed by atoms with van der Waals surface area (Å²) in [6.45, 7) is 5.51. The van der Waals surface area contributed by atoms with E-state index in [9.17, 15) is 0 Å². The van der Waals surface area contributed by atoms with Crippen LogP contribution in [0.4, 0.5) is 0 Å². The lowest BCUT2D eigenvalue weighted by molar-refractivity contribution is 0.463. The SMILES string of the molecule is CCNC(c1cc(C)c(Br)s1)C1C2CCCCC21. The number of hydrogen-bond donors (Lipinski definition) is 1. The smallest absolute Gasteiger partial charge is 0.0731 e. The van der Waals surface area contributed by atoms with E-state index in [-0.39, 0.29) is 0 Å². The van der Waals surface area contributed by atoms with E-state index >= 15 is 0 Å². The van der Waals surface area contributed by atoms with E-state index in [4.69, 9.17) is 0 Å². The van der Waals surface area contributed by atoms with E-state index in [1.165, 1.54) is 35.0 Å². The first-order valence-electron chi connectivity index (χ1n) is 7.21. The summed E-state index contributed by atoms with van der Waals surface area (Å²) >= 11 is 5.60. The average molecular weight is 328 g/mol. The van der Waals surface area contributed by atoms with Gasteiger partial charge in [-0.2, -0.15) is 0 Å². The highest BCUT2D eigenvalue weighted by atomic mass is 79.9. The molecule has 3 atom stereocenters. The molecule has 1 aromatic rings. The Labute approximate surface area is 122 Å². The van der Waals surface area contributed by atoms with E-state index in [1.807, 2.05) is 11.3 Å². The largest absolute Gasteiger partial charge is 0.309 e. The molecule has 0 spiro atoms. The second kappa shape index (κ2) is 5.26. The third-order valence-electron chi connectivity index (χ3n) is 4.71. The number of fused-ring (bicyclic) bond motifs is 1. The van der Waals surface area contributed by atoms with Crippen molar-refractivity contribution < 1.29 is 0 Å². The summed E-state index contributed by atoms with van der Waals surface area (Å²) in [5.74, 6) is 2.95. The molecule has 3 rings (SSSR count). The van der Waals surface area contributed by atoms with Gasteiger partial charge in [-0.1, -0.05) is 19.8 Å². The summed E-state index contributed by atoms with van der Waals surface area (Å²) in [5.41, 5.74) is 1.39. The van der Waals surface area contributed by atoms with Crippen molar-refractivity contribution in [2.75, 3.05) is 6.54 Å². The average Bonchev–Trinajstić information content (AvgIpc) is 2.99. The maximum atomic E-state index is 3.75. The van der Waals surface area contributed by atoms with Crippen molar-refractivity contribution in [3.05, 3.63) is 20.3 Å². The zero-order chi connectivity index (χ0) is 12.7. The molecule has 18 heavy (non-hydrogen) atoms. The van der Waals surface area contributed by atoms with Crippen LogP contribution in [0.2, 0.25) is 0 Å². The van der Waals surface area contributed by atoms with Crippen LogP contribution in [0, 0.1) is 24.7 Å². The maximum absolute atomic E-state index is 3.75. The van der Waals surface area contributed by atoms with Crippen LogP contribution in [0.1, 0.15) is 49.1 Å². The van der Waals surface area contributed by atoms with Crippen molar-refractivity contribution in [2.45, 2.75) is 45.6 Å². The monoisotopic (exact) mass is 327 g/mol. The fraction of sp³-hybridized carbons (Fsp3) is 0.733. The molecule has 0 radical (unpaired) electrons. The third kappa shape index (κ3) is 2.30. The molecule has 100 valence electrons. The van der Waals surface area contributed by atoms with Gasteiger partial charge in [0.2, 0.25) is 0 Å². The number of halogens is 1. The van der Waals surface area contributed by atoms with E-state index < -0.39 is 0 Å². The molecule has 0 aromatic carbocycles. The summed E-state index contributed by atoms with van der Waals surface area (Å²) in [7, 11) is 0. The summed E-state index contributed by atoms with van der Waals surface area (Å²) in [6, 6.07) is 2.99. The molecule has 0 amide bonds.